The van der Waals surface area contributed by atoms with Crippen LogP contribution in [0.5, 0.6) is 0 Å². The maximum absolute atomic E-state index is 5.78. The molecule has 4 heteroatoms. The summed E-state index contributed by atoms with van der Waals surface area (Å²) in [6, 6.07) is 0. The monoisotopic (exact) mass is 216 g/mol. The first-order valence-electron chi connectivity index (χ1n) is 4.60. The normalized spacial score (nSPS) is 18.7. The third-order valence-electron chi connectivity index (χ3n) is 3.08. The Bertz CT molecular complexity index is 304. The highest BCUT2D eigenvalue weighted by Gasteiger charge is 2.37. The Morgan fingerprint density at radius 1 is 1.38 bits per heavy atom. The van der Waals surface area contributed by atoms with E-state index in [9.17, 15) is 0 Å². The van der Waals surface area contributed by atoms with Gasteiger partial charge in [-0.2, -0.15) is 0 Å². The molecule has 0 atom stereocenters. The maximum Gasteiger partial charge on any atom is 0.207 e. The van der Waals surface area contributed by atoms with Crippen LogP contribution in [0.1, 0.15) is 38.1 Å². The number of rotatable bonds is 2. The lowest BCUT2D eigenvalue weighted by Crippen LogP contribution is -2.33. The predicted molar refractivity (Wildman–Crippen MR) is 55.3 cm³/mol. The van der Waals surface area contributed by atoms with E-state index < -0.39 is 0 Å². The SMILES string of the molecule is CC(C)(c1nnc(Cl)s1)C1CCC1. The Hall–Kier alpha value is -0.150. The second kappa shape index (κ2) is 3.21. The van der Waals surface area contributed by atoms with Crippen molar-refractivity contribution in [1.82, 2.24) is 10.2 Å². The minimum Gasteiger partial charge on any atom is -0.142 e. The summed E-state index contributed by atoms with van der Waals surface area (Å²) in [4.78, 5) is 0. The van der Waals surface area contributed by atoms with E-state index >= 15 is 0 Å². The molecule has 1 fully saturated rings. The average Bonchev–Trinajstić information content (AvgIpc) is 2.30. The lowest BCUT2D eigenvalue weighted by atomic mass is 9.68. The van der Waals surface area contributed by atoms with E-state index in [1.54, 1.807) is 0 Å². The Morgan fingerprint density at radius 3 is 2.46 bits per heavy atom. The lowest BCUT2D eigenvalue weighted by Gasteiger charge is -2.38. The fraction of sp³-hybridized carbons (Fsp3) is 0.778. The summed E-state index contributed by atoms with van der Waals surface area (Å²) >= 11 is 7.29. The first-order valence-corrected chi connectivity index (χ1v) is 5.79. The summed E-state index contributed by atoms with van der Waals surface area (Å²) < 4.78 is 0.558. The molecule has 1 aliphatic carbocycles. The zero-order valence-corrected chi connectivity index (χ0v) is 9.45. The van der Waals surface area contributed by atoms with Crippen LogP contribution < -0.4 is 0 Å². The van der Waals surface area contributed by atoms with Gasteiger partial charge >= 0.3 is 0 Å². The molecular formula is C9H13ClN2S. The Labute approximate surface area is 87.3 Å². The molecule has 1 saturated carbocycles. The third kappa shape index (κ3) is 1.59. The summed E-state index contributed by atoms with van der Waals surface area (Å²) in [5.41, 5.74) is 0.170. The maximum atomic E-state index is 5.78. The summed E-state index contributed by atoms with van der Waals surface area (Å²) in [6.45, 7) is 4.49. The molecule has 2 nitrogen and oxygen atoms in total. The van der Waals surface area contributed by atoms with Crippen molar-refractivity contribution in [3.05, 3.63) is 9.47 Å². The van der Waals surface area contributed by atoms with Crippen LogP contribution in [0.3, 0.4) is 0 Å². The second-order valence-corrected chi connectivity index (χ2v) is 5.77. The number of halogens is 1. The van der Waals surface area contributed by atoms with E-state index in [-0.39, 0.29) is 5.41 Å². The molecule has 72 valence electrons. The highest BCUT2D eigenvalue weighted by atomic mass is 35.5. The number of nitrogens with zero attached hydrogens (tertiary/aromatic N) is 2. The molecule has 1 heterocycles. The molecular weight excluding hydrogens is 204 g/mol. The summed E-state index contributed by atoms with van der Waals surface area (Å²) in [6.07, 6.45) is 4.01. The zero-order chi connectivity index (χ0) is 9.47. The molecule has 0 bridgehead atoms. The Morgan fingerprint density at radius 2 is 2.08 bits per heavy atom. The predicted octanol–water partition coefficient (Wildman–Crippen LogP) is 3.27. The van der Waals surface area contributed by atoms with Crippen molar-refractivity contribution in [2.45, 2.75) is 38.5 Å². The van der Waals surface area contributed by atoms with E-state index in [0.717, 1.165) is 10.9 Å². The van der Waals surface area contributed by atoms with Gasteiger partial charge in [0.2, 0.25) is 4.47 Å². The summed E-state index contributed by atoms with van der Waals surface area (Å²) in [5, 5.41) is 9.07. The van der Waals surface area contributed by atoms with Crippen LogP contribution >= 0.6 is 22.9 Å². The first-order chi connectivity index (χ1) is 6.10. The lowest BCUT2D eigenvalue weighted by molar-refractivity contribution is 0.193. The molecule has 0 unspecified atom stereocenters. The van der Waals surface area contributed by atoms with Crippen LogP contribution in [0.15, 0.2) is 0 Å². The van der Waals surface area contributed by atoms with Gasteiger partial charge in [-0.05, 0) is 30.4 Å². The van der Waals surface area contributed by atoms with E-state index in [0.29, 0.717) is 4.47 Å². The highest BCUT2D eigenvalue weighted by Crippen LogP contribution is 2.44. The van der Waals surface area contributed by atoms with E-state index in [4.69, 9.17) is 11.6 Å². The van der Waals surface area contributed by atoms with Crippen LogP contribution in [0.2, 0.25) is 4.47 Å². The second-order valence-electron chi connectivity index (χ2n) is 4.21. The van der Waals surface area contributed by atoms with Gasteiger partial charge in [0.1, 0.15) is 5.01 Å². The van der Waals surface area contributed by atoms with Gasteiger partial charge in [-0.15, -0.1) is 10.2 Å². The van der Waals surface area contributed by atoms with Gasteiger partial charge in [0.15, 0.2) is 0 Å². The quantitative estimate of drug-likeness (QED) is 0.759. The van der Waals surface area contributed by atoms with E-state index in [1.165, 1.54) is 30.6 Å². The minimum atomic E-state index is 0.170. The number of hydrogen-bond acceptors (Lipinski definition) is 3. The molecule has 0 N–H and O–H groups in total. The van der Waals surface area contributed by atoms with Crippen molar-refractivity contribution in [3.63, 3.8) is 0 Å². The molecule has 0 aromatic carbocycles. The van der Waals surface area contributed by atoms with Crippen LogP contribution in [0, 0.1) is 5.92 Å². The van der Waals surface area contributed by atoms with Gasteiger partial charge < -0.3 is 0 Å². The van der Waals surface area contributed by atoms with E-state index in [2.05, 4.69) is 24.0 Å². The van der Waals surface area contributed by atoms with Crippen molar-refractivity contribution in [2.24, 2.45) is 5.92 Å². The fourth-order valence-electron chi connectivity index (χ4n) is 1.77. The van der Waals surface area contributed by atoms with Crippen molar-refractivity contribution in [3.8, 4) is 0 Å². The van der Waals surface area contributed by atoms with Crippen molar-refractivity contribution >= 4 is 22.9 Å². The molecule has 1 aromatic heterocycles. The van der Waals surface area contributed by atoms with Gasteiger partial charge in [-0.1, -0.05) is 31.6 Å². The zero-order valence-electron chi connectivity index (χ0n) is 7.88. The van der Waals surface area contributed by atoms with E-state index in [1.807, 2.05) is 0 Å². The Balaban J connectivity index is 2.22. The molecule has 0 amide bonds. The fourth-order valence-corrected chi connectivity index (χ4v) is 2.78. The first kappa shape index (κ1) is 9.41. The average molecular weight is 217 g/mol. The molecule has 0 spiro atoms. The Kier molecular flexibility index (Phi) is 2.32. The smallest absolute Gasteiger partial charge is 0.142 e. The highest BCUT2D eigenvalue weighted by molar-refractivity contribution is 7.15. The van der Waals surface area contributed by atoms with Crippen molar-refractivity contribution in [1.29, 1.82) is 0 Å². The molecule has 1 aromatic rings. The van der Waals surface area contributed by atoms with Crippen LogP contribution in [-0.2, 0) is 5.41 Å². The van der Waals surface area contributed by atoms with Gasteiger partial charge in [0, 0.05) is 5.41 Å². The summed E-state index contributed by atoms with van der Waals surface area (Å²) in [7, 11) is 0. The largest absolute Gasteiger partial charge is 0.207 e. The molecule has 0 saturated heterocycles. The van der Waals surface area contributed by atoms with Gasteiger partial charge in [0.25, 0.3) is 0 Å². The molecule has 0 aliphatic heterocycles. The van der Waals surface area contributed by atoms with Crippen LogP contribution in [0.4, 0.5) is 0 Å². The van der Waals surface area contributed by atoms with Crippen LogP contribution in [-0.4, -0.2) is 10.2 Å². The topological polar surface area (TPSA) is 25.8 Å². The molecule has 13 heavy (non-hydrogen) atoms. The molecule has 2 rings (SSSR count). The molecule has 1 aliphatic rings. The number of aromatic nitrogens is 2. The van der Waals surface area contributed by atoms with Crippen molar-refractivity contribution in [2.75, 3.05) is 0 Å². The summed E-state index contributed by atoms with van der Waals surface area (Å²) in [5.74, 6) is 0.775. The standard InChI is InChI=1S/C9H13ClN2S/c1-9(2,6-4-3-5-6)7-11-12-8(10)13-7/h6H,3-5H2,1-2H3. The minimum absolute atomic E-state index is 0.170. The third-order valence-corrected chi connectivity index (χ3v) is 4.44. The van der Waals surface area contributed by atoms with Gasteiger partial charge in [-0.25, -0.2) is 0 Å². The van der Waals surface area contributed by atoms with Gasteiger partial charge in [0.05, 0.1) is 0 Å². The number of hydrogen-bond donors (Lipinski definition) is 0. The van der Waals surface area contributed by atoms with Crippen LogP contribution in [0.25, 0.3) is 0 Å². The van der Waals surface area contributed by atoms with Gasteiger partial charge in [-0.3, -0.25) is 0 Å². The molecule has 0 radical (unpaired) electrons. The van der Waals surface area contributed by atoms with Crippen molar-refractivity contribution < 1.29 is 0 Å².